The van der Waals surface area contributed by atoms with Gasteiger partial charge < -0.3 is 19.9 Å². The number of ether oxygens (including phenoxy) is 1. The summed E-state index contributed by atoms with van der Waals surface area (Å²) < 4.78 is 7.44. The Kier molecular flexibility index (Phi) is 9.56. The quantitative estimate of drug-likeness (QED) is 0.356. The minimum absolute atomic E-state index is 0.0913. The molecule has 2 N–H and O–H groups in total. The number of anilines is 1. The zero-order valence-electron chi connectivity index (χ0n) is 20.3. The Labute approximate surface area is 214 Å². The molecule has 2 aromatic carbocycles. The molecule has 2 amide bonds. The van der Waals surface area contributed by atoms with Gasteiger partial charge in [0.2, 0.25) is 5.91 Å². The number of carbonyl (C=O) groups is 2. The molecule has 186 valence electrons. The van der Waals surface area contributed by atoms with Crippen LogP contribution in [0.1, 0.15) is 43.6 Å². The average Bonchev–Trinajstić information content (AvgIpc) is 3.25. The Bertz CT molecular complexity index is 1160. The fraction of sp³-hybridized carbons (Fsp3) is 0.360. The number of halogens is 1. The van der Waals surface area contributed by atoms with Crippen molar-refractivity contribution in [2.24, 2.45) is 0 Å². The molecule has 0 aliphatic heterocycles. The number of thioether (sulfide) groups is 1. The topological polar surface area (TPSA) is 98.1 Å². The molecule has 0 atom stereocenters. The summed E-state index contributed by atoms with van der Waals surface area (Å²) in [6.45, 7) is 8.78. The van der Waals surface area contributed by atoms with Crippen molar-refractivity contribution in [3.05, 3.63) is 64.4 Å². The molecule has 10 heteroatoms. The lowest BCUT2D eigenvalue weighted by Gasteiger charge is -2.11. The highest BCUT2D eigenvalue weighted by Crippen LogP contribution is 2.24. The number of rotatable bonds is 11. The van der Waals surface area contributed by atoms with E-state index in [9.17, 15) is 9.59 Å². The lowest BCUT2D eigenvalue weighted by molar-refractivity contribution is -0.123. The van der Waals surface area contributed by atoms with Crippen LogP contribution in [-0.2, 0) is 22.7 Å². The third-order valence-electron chi connectivity index (χ3n) is 5.34. The normalized spacial score (nSPS) is 10.9. The van der Waals surface area contributed by atoms with Gasteiger partial charge in [0.25, 0.3) is 5.91 Å². The van der Waals surface area contributed by atoms with E-state index in [0.717, 1.165) is 5.56 Å². The van der Waals surface area contributed by atoms with E-state index in [1.165, 1.54) is 17.3 Å². The summed E-state index contributed by atoms with van der Waals surface area (Å²) in [6.07, 6.45) is 0. The minimum Gasteiger partial charge on any atom is -0.484 e. The van der Waals surface area contributed by atoms with E-state index in [4.69, 9.17) is 16.3 Å². The fourth-order valence-electron chi connectivity index (χ4n) is 3.26. The van der Waals surface area contributed by atoms with Gasteiger partial charge in [-0.25, -0.2) is 0 Å². The van der Waals surface area contributed by atoms with Crippen molar-refractivity contribution in [3.8, 4) is 5.75 Å². The molecule has 0 aliphatic carbocycles. The van der Waals surface area contributed by atoms with E-state index in [1.54, 1.807) is 12.1 Å². The smallest absolute Gasteiger partial charge is 0.258 e. The Morgan fingerprint density at radius 2 is 1.86 bits per heavy atom. The highest BCUT2D eigenvalue weighted by atomic mass is 35.5. The maximum absolute atomic E-state index is 12.4. The lowest BCUT2D eigenvalue weighted by atomic mass is 10.0. The van der Waals surface area contributed by atoms with Gasteiger partial charge in [-0.05, 0) is 55.2 Å². The number of carbonyl (C=O) groups excluding carboxylic acids is 2. The summed E-state index contributed by atoms with van der Waals surface area (Å²) in [7, 11) is 0. The highest BCUT2D eigenvalue weighted by molar-refractivity contribution is 7.99. The molecule has 1 heterocycles. The number of hydrogen-bond donors (Lipinski definition) is 2. The van der Waals surface area contributed by atoms with Crippen LogP contribution < -0.4 is 15.4 Å². The second-order valence-corrected chi connectivity index (χ2v) is 9.53. The van der Waals surface area contributed by atoms with Gasteiger partial charge in [0, 0.05) is 17.3 Å². The van der Waals surface area contributed by atoms with Crippen LogP contribution in [0.3, 0.4) is 0 Å². The van der Waals surface area contributed by atoms with Crippen LogP contribution in [-0.4, -0.2) is 38.9 Å². The maximum Gasteiger partial charge on any atom is 0.258 e. The molecule has 0 fully saturated rings. The van der Waals surface area contributed by atoms with Gasteiger partial charge in [-0.1, -0.05) is 55.4 Å². The van der Waals surface area contributed by atoms with Crippen molar-refractivity contribution in [1.82, 2.24) is 20.1 Å². The van der Waals surface area contributed by atoms with Crippen LogP contribution in [0.2, 0.25) is 5.02 Å². The van der Waals surface area contributed by atoms with E-state index >= 15 is 0 Å². The van der Waals surface area contributed by atoms with Crippen molar-refractivity contribution in [2.45, 2.75) is 51.9 Å². The number of benzene rings is 2. The Morgan fingerprint density at radius 1 is 1.11 bits per heavy atom. The van der Waals surface area contributed by atoms with Crippen LogP contribution >= 0.6 is 23.4 Å². The SMILES string of the molecule is CCn1c(CNC(=O)COc2ccc(C(C)C)cc2)nnc1SCC(=O)Nc1cccc(Cl)c1C. The van der Waals surface area contributed by atoms with Gasteiger partial charge in [0.1, 0.15) is 5.75 Å². The van der Waals surface area contributed by atoms with Crippen molar-refractivity contribution in [3.63, 3.8) is 0 Å². The zero-order valence-corrected chi connectivity index (χ0v) is 21.9. The minimum atomic E-state index is -0.255. The summed E-state index contributed by atoms with van der Waals surface area (Å²) in [5.74, 6) is 1.43. The molecule has 0 saturated carbocycles. The molecule has 0 saturated heterocycles. The third-order valence-corrected chi connectivity index (χ3v) is 6.72. The molecule has 3 aromatic rings. The summed E-state index contributed by atoms with van der Waals surface area (Å²) in [4.78, 5) is 24.7. The van der Waals surface area contributed by atoms with Crippen molar-refractivity contribution in [2.75, 3.05) is 17.7 Å². The van der Waals surface area contributed by atoms with Gasteiger partial charge in [0.15, 0.2) is 17.6 Å². The first-order chi connectivity index (χ1) is 16.8. The van der Waals surface area contributed by atoms with E-state index in [0.29, 0.717) is 39.9 Å². The summed E-state index contributed by atoms with van der Waals surface area (Å²) in [5.41, 5.74) is 2.71. The number of amides is 2. The third kappa shape index (κ3) is 7.47. The molecule has 0 aliphatic rings. The van der Waals surface area contributed by atoms with Crippen molar-refractivity contribution < 1.29 is 14.3 Å². The molecule has 35 heavy (non-hydrogen) atoms. The molecule has 0 unspecified atom stereocenters. The summed E-state index contributed by atoms with van der Waals surface area (Å²) in [6, 6.07) is 13.1. The largest absolute Gasteiger partial charge is 0.484 e. The predicted molar refractivity (Wildman–Crippen MR) is 139 cm³/mol. The second kappa shape index (κ2) is 12.6. The zero-order chi connectivity index (χ0) is 25.4. The number of aromatic nitrogens is 3. The summed E-state index contributed by atoms with van der Waals surface area (Å²) >= 11 is 7.40. The molecule has 3 rings (SSSR count). The first kappa shape index (κ1) is 26.6. The monoisotopic (exact) mass is 515 g/mol. The van der Waals surface area contributed by atoms with Gasteiger partial charge in [-0.2, -0.15) is 0 Å². The first-order valence-corrected chi connectivity index (χ1v) is 12.7. The molecular weight excluding hydrogens is 486 g/mol. The van der Waals surface area contributed by atoms with Crippen molar-refractivity contribution in [1.29, 1.82) is 0 Å². The standard InChI is InChI=1S/C25H30ClN5O3S/c1-5-31-22(13-27-23(32)14-34-19-11-9-18(10-12-19)16(2)3)29-30-25(31)35-15-24(33)28-21-8-6-7-20(26)17(21)4/h6-12,16H,5,13-15H2,1-4H3,(H,27,32)(H,28,33). The molecule has 0 bridgehead atoms. The Hall–Kier alpha value is -3.04. The number of nitrogens with zero attached hydrogens (tertiary/aromatic N) is 3. The molecular formula is C25H30ClN5O3S. The van der Waals surface area contributed by atoms with E-state index in [1.807, 2.05) is 48.7 Å². The average molecular weight is 516 g/mol. The van der Waals surface area contributed by atoms with Crippen LogP contribution in [0.25, 0.3) is 0 Å². The number of nitrogens with one attached hydrogen (secondary N) is 2. The second-order valence-electron chi connectivity index (χ2n) is 8.18. The Morgan fingerprint density at radius 3 is 2.54 bits per heavy atom. The summed E-state index contributed by atoms with van der Waals surface area (Å²) in [5, 5.41) is 15.2. The first-order valence-electron chi connectivity index (χ1n) is 11.4. The molecule has 0 spiro atoms. The van der Waals surface area contributed by atoms with E-state index in [2.05, 4.69) is 34.7 Å². The van der Waals surface area contributed by atoms with E-state index < -0.39 is 0 Å². The van der Waals surface area contributed by atoms with Gasteiger partial charge in [-0.3, -0.25) is 9.59 Å². The van der Waals surface area contributed by atoms with E-state index in [-0.39, 0.29) is 30.7 Å². The highest BCUT2D eigenvalue weighted by Gasteiger charge is 2.15. The van der Waals surface area contributed by atoms with Gasteiger partial charge in [0.05, 0.1) is 12.3 Å². The maximum atomic E-state index is 12.4. The molecule has 0 radical (unpaired) electrons. The van der Waals surface area contributed by atoms with Crippen LogP contribution in [0.15, 0.2) is 47.6 Å². The Balaban J connectivity index is 1.48. The van der Waals surface area contributed by atoms with Gasteiger partial charge >= 0.3 is 0 Å². The lowest BCUT2D eigenvalue weighted by Crippen LogP contribution is -2.29. The molecule has 8 nitrogen and oxygen atoms in total. The fourth-order valence-corrected chi connectivity index (χ4v) is 4.26. The van der Waals surface area contributed by atoms with Crippen LogP contribution in [0.4, 0.5) is 5.69 Å². The molecule has 1 aromatic heterocycles. The van der Waals surface area contributed by atoms with Gasteiger partial charge in [-0.15, -0.1) is 10.2 Å². The predicted octanol–water partition coefficient (Wildman–Crippen LogP) is 4.81. The van der Waals surface area contributed by atoms with Crippen LogP contribution in [0, 0.1) is 6.92 Å². The van der Waals surface area contributed by atoms with Crippen LogP contribution in [0.5, 0.6) is 5.75 Å². The number of hydrogen-bond acceptors (Lipinski definition) is 6. The van der Waals surface area contributed by atoms with Crippen molar-refractivity contribution >= 4 is 40.9 Å².